The number of para-hydroxylation sites is 1. The topological polar surface area (TPSA) is 121 Å². The van der Waals surface area contributed by atoms with E-state index in [0.29, 0.717) is 27.8 Å². The summed E-state index contributed by atoms with van der Waals surface area (Å²) in [6.45, 7) is 0.178. The average molecular weight is 528 g/mol. The number of carbonyl (C=O) groups is 2. The van der Waals surface area contributed by atoms with Crippen LogP contribution >= 0.6 is 23.4 Å². The predicted molar refractivity (Wildman–Crippen MR) is 134 cm³/mol. The Morgan fingerprint density at radius 3 is 2.61 bits per heavy atom. The van der Waals surface area contributed by atoms with E-state index in [1.807, 2.05) is 0 Å². The van der Waals surface area contributed by atoms with Gasteiger partial charge in [-0.05, 0) is 47.7 Å². The van der Waals surface area contributed by atoms with Crippen molar-refractivity contribution in [2.45, 2.75) is 0 Å². The van der Waals surface area contributed by atoms with Crippen LogP contribution in [0.3, 0.4) is 0 Å². The summed E-state index contributed by atoms with van der Waals surface area (Å²) < 4.78 is 16.6. The number of amides is 2. The van der Waals surface area contributed by atoms with Gasteiger partial charge in [-0.2, -0.15) is 0 Å². The van der Waals surface area contributed by atoms with Crippen molar-refractivity contribution >= 4 is 46.3 Å². The molecule has 2 amide bonds. The third-order valence-electron chi connectivity index (χ3n) is 4.91. The number of imide groups is 1. The van der Waals surface area contributed by atoms with Gasteiger partial charge in [0.1, 0.15) is 18.6 Å². The maximum absolute atomic E-state index is 12.8. The highest BCUT2D eigenvalue weighted by Crippen LogP contribution is 2.36. The number of benzene rings is 2. The van der Waals surface area contributed by atoms with Gasteiger partial charge in [-0.3, -0.25) is 24.6 Å². The van der Waals surface area contributed by atoms with Gasteiger partial charge in [0.05, 0.1) is 28.5 Å². The molecule has 1 aromatic heterocycles. The minimum Gasteiger partial charge on any atom is -0.493 e. The number of nitro groups is 1. The maximum Gasteiger partial charge on any atom is 0.293 e. The first-order chi connectivity index (χ1) is 17.4. The monoisotopic (exact) mass is 527 g/mol. The molecule has 0 bridgehead atoms. The fourth-order valence-corrected chi connectivity index (χ4v) is 4.22. The molecule has 12 heteroatoms. The number of thioether (sulfide) groups is 1. The van der Waals surface area contributed by atoms with Crippen molar-refractivity contribution in [2.75, 3.05) is 20.3 Å². The van der Waals surface area contributed by atoms with E-state index in [2.05, 4.69) is 4.98 Å². The van der Waals surface area contributed by atoms with E-state index in [1.165, 1.54) is 19.2 Å². The Balaban J connectivity index is 1.43. The molecule has 0 saturated carbocycles. The molecule has 1 aliphatic heterocycles. The molecule has 3 aromatic rings. The standard InChI is InChI=1S/C24H18ClN3O7S/c1-33-20-12-15(6-8-19(20)35-22-9-7-16(14-26-22)28(31)32)13-21-23(29)27(24(30)36-21)10-11-34-18-5-3-2-4-17(18)25/h2-9,12-14H,10-11H2,1H3/b21-13-. The van der Waals surface area contributed by atoms with Crippen LogP contribution in [-0.2, 0) is 4.79 Å². The van der Waals surface area contributed by atoms with Crippen LogP contribution in [0.25, 0.3) is 6.08 Å². The Bertz CT molecular complexity index is 1350. The molecule has 0 radical (unpaired) electrons. The second kappa shape index (κ2) is 11.1. The lowest BCUT2D eigenvalue weighted by Crippen LogP contribution is -2.32. The van der Waals surface area contributed by atoms with Crippen LogP contribution in [0.4, 0.5) is 10.5 Å². The molecule has 1 saturated heterocycles. The molecule has 10 nitrogen and oxygen atoms in total. The highest BCUT2D eigenvalue weighted by molar-refractivity contribution is 8.18. The number of pyridine rings is 1. The summed E-state index contributed by atoms with van der Waals surface area (Å²) in [6.07, 6.45) is 2.67. The normalized spacial score (nSPS) is 14.3. The van der Waals surface area contributed by atoms with E-state index in [0.717, 1.165) is 22.9 Å². The summed E-state index contributed by atoms with van der Waals surface area (Å²) in [5, 5.41) is 10.8. The fraction of sp³-hybridized carbons (Fsp3) is 0.125. The molecule has 0 unspecified atom stereocenters. The summed E-state index contributed by atoms with van der Waals surface area (Å²) in [5.74, 6) is 0.853. The van der Waals surface area contributed by atoms with Gasteiger partial charge in [-0.25, -0.2) is 4.98 Å². The number of aromatic nitrogens is 1. The Morgan fingerprint density at radius 1 is 1.11 bits per heavy atom. The molecule has 0 N–H and O–H groups in total. The second-order valence-corrected chi connectivity index (χ2v) is 8.64. The van der Waals surface area contributed by atoms with Crippen molar-refractivity contribution in [1.29, 1.82) is 0 Å². The van der Waals surface area contributed by atoms with Gasteiger partial charge in [0.2, 0.25) is 5.88 Å². The van der Waals surface area contributed by atoms with Gasteiger partial charge in [0, 0.05) is 12.1 Å². The molecule has 184 valence electrons. The number of rotatable bonds is 9. The van der Waals surface area contributed by atoms with Crippen molar-refractivity contribution in [3.63, 3.8) is 0 Å². The molecular formula is C24H18ClN3O7S. The molecule has 36 heavy (non-hydrogen) atoms. The number of ether oxygens (including phenoxy) is 3. The van der Waals surface area contributed by atoms with E-state index in [1.54, 1.807) is 48.5 Å². The number of hydrogen-bond acceptors (Lipinski definition) is 9. The number of nitrogens with zero attached hydrogens (tertiary/aromatic N) is 3. The summed E-state index contributed by atoms with van der Waals surface area (Å²) in [5.41, 5.74) is 0.447. The van der Waals surface area contributed by atoms with Gasteiger partial charge in [0.25, 0.3) is 16.8 Å². The van der Waals surface area contributed by atoms with E-state index in [9.17, 15) is 19.7 Å². The molecular weight excluding hydrogens is 510 g/mol. The Hall–Kier alpha value is -4.09. The molecule has 1 aliphatic rings. The molecule has 2 aromatic carbocycles. The predicted octanol–water partition coefficient (Wildman–Crippen LogP) is 5.56. The quantitative estimate of drug-likeness (QED) is 0.200. The van der Waals surface area contributed by atoms with Crippen molar-refractivity contribution in [1.82, 2.24) is 9.88 Å². The number of halogens is 1. The van der Waals surface area contributed by atoms with E-state index >= 15 is 0 Å². The number of methoxy groups -OCH3 is 1. The summed E-state index contributed by atoms with van der Waals surface area (Å²) >= 11 is 6.89. The fourth-order valence-electron chi connectivity index (χ4n) is 3.16. The Morgan fingerprint density at radius 2 is 1.92 bits per heavy atom. The Kier molecular flexibility index (Phi) is 7.71. The first-order valence-corrected chi connectivity index (χ1v) is 11.6. The molecule has 1 fully saturated rings. The molecule has 4 rings (SSSR count). The number of hydrogen-bond donors (Lipinski definition) is 0. The van der Waals surface area contributed by atoms with Crippen molar-refractivity contribution in [3.8, 4) is 23.1 Å². The van der Waals surface area contributed by atoms with E-state index in [-0.39, 0.29) is 29.6 Å². The van der Waals surface area contributed by atoms with Gasteiger partial charge < -0.3 is 14.2 Å². The average Bonchev–Trinajstić information content (AvgIpc) is 3.13. The first kappa shape index (κ1) is 25.0. The van der Waals surface area contributed by atoms with Gasteiger partial charge in [-0.15, -0.1) is 0 Å². The summed E-state index contributed by atoms with van der Waals surface area (Å²) in [6, 6.07) is 14.5. The van der Waals surface area contributed by atoms with Crippen LogP contribution in [0.1, 0.15) is 5.56 Å². The van der Waals surface area contributed by atoms with Crippen LogP contribution in [0, 0.1) is 10.1 Å². The van der Waals surface area contributed by atoms with Crippen molar-refractivity contribution in [2.24, 2.45) is 0 Å². The van der Waals surface area contributed by atoms with Crippen LogP contribution in [-0.4, -0.2) is 46.2 Å². The lowest BCUT2D eigenvalue weighted by molar-refractivity contribution is -0.385. The highest BCUT2D eigenvalue weighted by Gasteiger charge is 2.34. The lowest BCUT2D eigenvalue weighted by atomic mass is 10.2. The second-order valence-electron chi connectivity index (χ2n) is 7.24. The third-order valence-corrected chi connectivity index (χ3v) is 6.13. The zero-order valence-electron chi connectivity index (χ0n) is 18.8. The lowest BCUT2D eigenvalue weighted by Gasteiger charge is -2.13. The first-order valence-electron chi connectivity index (χ1n) is 10.4. The largest absolute Gasteiger partial charge is 0.493 e. The maximum atomic E-state index is 12.8. The molecule has 0 atom stereocenters. The molecule has 0 aliphatic carbocycles. The van der Waals surface area contributed by atoms with Crippen LogP contribution in [0.5, 0.6) is 23.1 Å². The zero-order chi connectivity index (χ0) is 25.7. The summed E-state index contributed by atoms with van der Waals surface area (Å²) in [7, 11) is 1.45. The minimum atomic E-state index is -0.556. The van der Waals surface area contributed by atoms with E-state index < -0.39 is 16.1 Å². The smallest absolute Gasteiger partial charge is 0.293 e. The number of carbonyl (C=O) groups excluding carboxylic acids is 2. The SMILES string of the molecule is COc1cc(/C=C2\SC(=O)N(CCOc3ccccc3Cl)C2=O)ccc1Oc1ccc([N+](=O)[O-])cn1. The third kappa shape index (κ3) is 5.75. The van der Waals surface area contributed by atoms with Gasteiger partial charge >= 0.3 is 0 Å². The highest BCUT2D eigenvalue weighted by atomic mass is 35.5. The van der Waals surface area contributed by atoms with Crippen LogP contribution in [0.2, 0.25) is 5.02 Å². The van der Waals surface area contributed by atoms with E-state index in [4.69, 9.17) is 25.8 Å². The molecule has 2 heterocycles. The van der Waals surface area contributed by atoms with Crippen molar-refractivity contribution in [3.05, 3.63) is 86.4 Å². The van der Waals surface area contributed by atoms with Crippen molar-refractivity contribution < 1.29 is 28.7 Å². The summed E-state index contributed by atoms with van der Waals surface area (Å²) in [4.78, 5) is 40.7. The molecule has 0 spiro atoms. The minimum absolute atomic E-state index is 0.0750. The Labute approximate surface area is 214 Å². The van der Waals surface area contributed by atoms with Gasteiger partial charge in [0.15, 0.2) is 11.5 Å². The zero-order valence-corrected chi connectivity index (χ0v) is 20.3. The van der Waals surface area contributed by atoms with Crippen LogP contribution in [0.15, 0.2) is 65.7 Å². The van der Waals surface area contributed by atoms with Gasteiger partial charge in [-0.1, -0.05) is 29.8 Å². The van der Waals surface area contributed by atoms with Crippen LogP contribution < -0.4 is 14.2 Å².